The molecule has 0 nitrogen and oxygen atoms in total. The minimum Gasteiger partial charge on any atom is -0.0683 e. The summed E-state index contributed by atoms with van der Waals surface area (Å²) in [6.07, 6.45) is 9.08. The van der Waals surface area contributed by atoms with Crippen molar-refractivity contribution in [3.05, 3.63) is 0 Å². The molecular formula is C15H30. The summed E-state index contributed by atoms with van der Waals surface area (Å²) in [6.45, 7) is 11.4. The van der Waals surface area contributed by atoms with Gasteiger partial charge in [-0.15, -0.1) is 0 Å². The van der Waals surface area contributed by atoms with Crippen LogP contribution in [0.1, 0.15) is 73.1 Å². The number of hydrogen-bond acceptors (Lipinski definition) is 0. The summed E-state index contributed by atoms with van der Waals surface area (Å²) < 4.78 is 0. The summed E-state index contributed by atoms with van der Waals surface area (Å²) in [5, 5.41) is 0. The van der Waals surface area contributed by atoms with E-state index in [0.717, 1.165) is 23.2 Å². The molecule has 0 saturated heterocycles. The average Bonchev–Trinajstić information content (AvgIpc) is 2.58. The number of fused-ring (bicyclic) bond motifs is 1. The maximum absolute atomic E-state index is 2.58. The molecule has 2 aliphatic carbocycles. The van der Waals surface area contributed by atoms with E-state index < -0.39 is 0 Å². The van der Waals surface area contributed by atoms with Crippen molar-refractivity contribution >= 4 is 0 Å². The fourth-order valence-electron chi connectivity index (χ4n) is 4.20. The summed E-state index contributed by atoms with van der Waals surface area (Å²) in [5.74, 6) is 3.01. The van der Waals surface area contributed by atoms with E-state index in [0.29, 0.717) is 0 Å². The standard InChI is InChI=1S/C13H24.C2H6/c1-10(2)12-8-7-11-6-4-5-9-13(11,12)3;1-2/h10-12H,4-9H2,1-3H3;1-2H3. The van der Waals surface area contributed by atoms with E-state index >= 15 is 0 Å². The Morgan fingerprint density at radius 3 is 2.27 bits per heavy atom. The van der Waals surface area contributed by atoms with Gasteiger partial charge in [0.1, 0.15) is 0 Å². The fourth-order valence-corrected chi connectivity index (χ4v) is 4.20. The molecule has 0 aromatic rings. The molecular weight excluding hydrogens is 180 g/mol. The van der Waals surface area contributed by atoms with Gasteiger partial charge in [0.25, 0.3) is 0 Å². The minimum atomic E-state index is 0.729. The highest BCUT2D eigenvalue weighted by Crippen LogP contribution is 2.57. The molecule has 2 rings (SSSR count). The van der Waals surface area contributed by atoms with Crippen molar-refractivity contribution in [3.63, 3.8) is 0 Å². The predicted octanol–water partition coefficient (Wildman–Crippen LogP) is 5.28. The zero-order chi connectivity index (χ0) is 11.5. The quantitative estimate of drug-likeness (QED) is 0.552. The lowest BCUT2D eigenvalue weighted by Gasteiger charge is -2.42. The largest absolute Gasteiger partial charge is 0.0683 e. The maximum atomic E-state index is 2.58. The second kappa shape index (κ2) is 5.37. The second-order valence-corrected chi connectivity index (χ2v) is 5.88. The van der Waals surface area contributed by atoms with Crippen LogP contribution in [0.5, 0.6) is 0 Å². The Hall–Kier alpha value is 0. The third kappa shape index (κ3) is 2.40. The van der Waals surface area contributed by atoms with Crippen molar-refractivity contribution in [2.45, 2.75) is 73.1 Å². The van der Waals surface area contributed by atoms with Crippen LogP contribution >= 0.6 is 0 Å². The molecule has 0 N–H and O–H groups in total. The van der Waals surface area contributed by atoms with Gasteiger partial charge in [0, 0.05) is 0 Å². The van der Waals surface area contributed by atoms with Gasteiger partial charge in [-0.05, 0) is 48.9 Å². The fraction of sp³-hybridized carbons (Fsp3) is 1.00. The Morgan fingerprint density at radius 2 is 1.67 bits per heavy atom. The van der Waals surface area contributed by atoms with Crippen molar-refractivity contribution < 1.29 is 0 Å². The zero-order valence-corrected chi connectivity index (χ0v) is 11.5. The molecule has 0 heterocycles. The lowest BCUT2D eigenvalue weighted by molar-refractivity contribution is 0.0745. The first-order valence-electron chi connectivity index (χ1n) is 7.14. The minimum absolute atomic E-state index is 0.729. The normalized spacial score (nSPS) is 39.6. The summed E-state index contributed by atoms with van der Waals surface area (Å²) in [5.41, 5.74) is 0.729. The van der Waals surface area contributed by atoms with Gasteiger partial charge in [-0.1, -0.05) is 47.5 Å². The van der Waals surface area contributed by atoms with E-state index in [1.807, 2.05) is 13.8 Å². The van der Waals surface area contributed by atoms with Gasteiger partial charge in [-0.25, -0.2) is 0 Å². The maximum Gasteiger partial charge on any atom is -0.0267 e. The second-order valence-electron chi connectivity index (χ2n) is 5.88. The van der Waals surface area contributed by atoms with Crippen LogP contribution in [0.3, 0.4) is 0 Å². The third-order valence-corrected chi connectivity index (χ3v) is 4.93. The van der Waals surface area contributed by atoms with Crippen molar-refractivity contribution in [2.75, 3.05) is 0 Å². The molecule has 0 aromatic heterocycles. The smallest absolute Gasteiger partial charge is 0.0267 e. The monoisotopic (exact) mass is 210 g/mol. The number of hydrogen-bond donors (Lipinski definition) is 0. The highest BCUT2D eigenvalue weighted by molar-refractivity contribution is 4.97. The molecule has 0 aliphatic heterocycles. The van der Waals surface area contributed by atoms with E-state index in [1.54, 1.807) is 0 Å². The first-order chi connectivity index (χ1) is 7.14. The molecule has 15 heavy (non-hydrogen) atoms. The van der Waals surface area contributed by atoms with Crippen molar-refractivity contribution in [1.82, 2.24) is 0 Å². The molecule has 0 bridgehead atoms. The Labute approximate surface area is 96.8 Å². The van der Waals surface area contributed by atoms with Gasteiger partial charge in [0.15, 0.2) is 0 Å². The molecule has 0 amide bonds. The van der Waals surface area contributed by atoms with Gasteiger partial charge in [-0.3, -0.25) is 0 Å². The van der Waals surface area contributed by atoms with Gasteiger partial charge in [0.05, 0.1) is 0 Å². The van der Waals surface area contributed by atoms with Crippen molar-refractivity contribution in [1.29, 1.82) is 0 Å². The van der Waals surface area contributed by atoms with E-state index in [4.69, 9.17) is 0 Å². The van der Waals surface area contributed by atoms with Crippen LogP contribution in [0.4, 0.5) is 0 Å². The lowest BCUT2D eigenvalue weighted by atomic mass is 9.63. The van der Waals surface area contributed by atoms with Crippen molar-refractivity contribution in [2.24, 2.45) is 23.2 Å². The average molecular weight is 210 g/mol. The Morgan fingerprint density at radius 1 is 1.00 bits per heavy atom. The molecule has 2 saturated carbocycles. The Kier molecular flexibility index (Phi) is 4.67. The molecule has 0 heteroatoms. The molecule has 90 valence electrons. The van der Waals surface area contributed by atoms with Crippen LogP contribution in [0.15, 0.2) is 0 Å². The van der Waals surface area contributed by atoms with Crippen LogP contribution < -0.4 is 0 Å². The molecule has 3 unspecified atom stereocenters. The van der Waals surface area contributed by atoms with Gasteiger partial charge >= 0.3 is 0 Å². The summed E-state index contributed by atoms with van der Waals surface area (Å²) >= 11 is 0. The van der Waals surface area contributed by atoms with E-state index in [9.17, 15) is 0 Å². The highest BCUT2D eigenvalue weighted by Gasteiger charge is 2.47. The molecule has 0 radical (unpaired) electrons. The molecule has 2 aliphatic rings. The van der Waals surface area contributed by atoms with Crippen molar-refractivity contribution in [3.8, 4) is 0 Å². The number of rotatable bonds is 1. The first kappa shape index (κ1) is 13.1. The summed E-state index contributed by atoms with van der Waals surface area (Å²) in [7, 11) is 0. The zero-order valence-electron chi connectivity index (χ0n) is 11.5. The summed E-state index contributed by atoms with van der Waals surface area (Å²) in [6, 6.07) is 0. The molecule has 0 aromatic carbocycles. The first-order valence-corrected chi connectivity index (χ1v) is 7.14. The predicted molar refractivity (Wildman–Crippen MR) is 69.0 cm³/mol. The Balaban J connectivity index is 0.000000531. The van der Waals surface area contributed by atoms with Gasteiger partial charge in [0.2, 0.25) is 0 Å². The van der Waals surface area contributed by atoms with Crippen LogP contribution in [0, 0.1) is 23.2 Å². The third-order valence-electron chi connectivity index (χ3n) is 4.93. The lowest BCUT2D eigenvalue weighted by Crippen LogP contribution is -2.34. The summed E-state index contributed by atoms with van der Waals surface area (Å²) in [4.78, 5) is 0. The van der Waals surface area contributed by atoms with E-state index in [-0.39, 0.29) is 0 Å². The van der Waals surface area contributed by atoms with Crippen LogP contribution in [0.25, 0.3) is 0 Å². The molecule has 2 fully saturated rings. The highest BCUT2D eigenvalue weighted by atomic mass is 14.5. The molecule has 3 atom stereocenters. The van der Waals surface area contributed by atoms with E-state index in [2.05, 4.69) is 20.8 Å². The van der Waals surface area contributed by atoms with Gasteiger partial charge in [-0.2, -0.15) is 0 Å². The van der Waals surface area contributed by atoms with Crippen LogP contribution in [0.2, 0.25) is 0 Å². The van der Waals surface area contributed by atoms with Crippen LogP contribution in [-0.2, 0) is 0 Å². The topological polar surface area (TPSA) is 0 Å². The van der Waals surface area contributed by atoms with Gasteiger partial charge < -0.3 is 0 Å². The molecule has 0 spiro atoms. The Bertz CT molecular complexity index is 182. The SMILES string of the molecule is CC.CC(C)C1CCC2CCCCC21C. The van der Waals surface area contributed by atoms with E-state index in [1.165, 1.54) is 38.5 Å². The van der Waals surface area contributed by atoms with Crippen LogP contribution in [-0.4, -0.2) is 0 Å².